The van der Waals surface area contributed by atoms with Crippen LogP contribution in [-0.4, -0.2) is 64.7 Å². The maximum Gasteiger partial charge on any atom is 0.339 e. The Kier molecular flexibility index (Phi) is 5.43. The molecule has 4 atom stereocenters. The molecule has 194 valence electrons. The van der Waals surface area contributed by atoms with Gasteiger partial charge < -0.3 is 24.1 Å². The summed E-state index contributed by atoms with van der Waals surface area (Å²) in [7, 11) is 0. The van der Waals surface area contributed by atoms with Crippen LogP contribution in [0.25, 0.3) is 0 Å². The fourth-order valence-electron chi connectivity index (χ4n) is 7.44. The standard InChI is InChI=1S/C28H35NO7/c1-17-14-27-8-5-10-29(27)11-6-18-12-20-21(34-16-33-20)13-19(18)23(27)24(17)35-25(32)28(15-22(30)31)9-4-7-26(2,3)36-28/h12-14,23-24H,4-11,15-16H2,1-3H3,(H,30,31)/t23-,24?,27?,28-/m1/s1. The average Bonchev–Trinajstić information content (AvgIpc) is 3.46. The zero-order chi connectivity index (χ0) is 25.3. The summed E-state index contributed by atoms with van der Waals surface area (Å²) >= 11 is 0. The highest BCUT2D eigenvalue weighted by Crippen LogP contribution is 2.55. The second-order valence-electron chi connectivity index (χ2n) is 11.7. The molecule has 36 heavy (non-hydrogen) atoms. The van der Waals surface area contributed by atoms with Crippen molar-refractivity contribution in [2.75, 3.05) is 19.9 Å². The normalized spacial score (nSPS) is 34.2. The molecule has 0 amide bonds. The van der Waals surface area contributed by atoms with E-state index in [1.807, 2.05) is 20.8 Å². The number of carbonyl (C=O) groups is 2. The molecule has 0 aromatic heterocycles. The number of carboxylic acids is 1. The summed E-state index contributed by atoms with van der Waals surface area (Å²) in [4.78, 5) is 28.3. The fourth-order valence-corrected chi connectivity index (χ4v) is 7.44. The maximum absolute atomic E-state index is 13.9. The number of esters is 1. The van der Waals surface area contributed by atoms with Gasteiger partial charge in [-0.25, -0.2) is 4.79 Å². The number of benzene rings is 1. The van der Waals surface area contributed by atoms with Crippen molar-refractivity contribution in [3.05, 3.63) is 34.9 Å². The molecule has 2 unspecified atom stereocenters. The van der Waals surface area contributed by atoms with Crippen LogP contribution in [0.2, 0.25) is 0 Å². The first-order valence-electron chi connectivity index (χ1n) is 13.1. The molecular formula is C28H35NO7. The van der Waals surface area contributed by atoms with Crippen LogP contribution in [0.4, 0.5) is 0 Å². The zero-order valence-electron chi connectivity index (χ0n) is 21.3. The highest BCUT2D eigenvalue weighted by molar-refractivity contribution is 5.86. The monoisotopic (exact) mass is 497 g/mol. The van der Waals surface area contributed by atoms with Crippen molar-refractivity contribution in [1.82, 2.24) is 4.90 Å². The van der Waals surface area contributed by atoms with Gasteiger partial charge in [-0.15, -0.1) is 0 Å². The lowest BCUT2D eigenvalue weighted by Gasteiger charge is -2.44. The number of aliphatic carboxylic acids is 1. The molecule has 2 saturated heterocycles. The molecule has 1 N–H and O–H groups in total. The largest absolute Gasteiger partial charge is 0.481 e. The molecule has 2 fully saturated rings. The Morgan fingerprint density at radius 2 is 1.89 bits per heavy atom. The molecule has 5 aliphatic rings. The summed E-state index contributed by atoms with van der Waals surface area (Å²) in [6.07, 6.45) is 6.18. The molecule has 1 aliphatic carbocycles. The smallest absolute Gasteiger partial charge is 0.339 e. The quantitative estimate of drug-likeness (QED) is 0.494. The number of carbonyl (C=O) groups excluding carboxylic acids is 1. The van der Waals surface area contributed by atoms with Crippen LogP contribution in [-0.2, 0) is 25.5 Å². The van der Waals surface area contributed by atoms with Crippen LogP contribution in [0.1, 0.15) is 76.3 Å². The number of hydrogen-bond acceptors (Lipinski definition) is 7. The van der Waals surface area contributed by atoms with E-state index in [4.69, 9.17) is 18.9 Å². The Hall–Kier alpha value is -2.58. The predicted molar refractivity (Wildman–Crippen MR) is 130 cm³/mol. The number of rotatable bonds is 4. The average molecular weight is 498 g/mol. The van der Waals surface area contributed by atoms with E-state index in [1.54, 1.807) is 0 Å². The Morgan fingerprint density at radius 1 is 1.11 bits per heavy atom. The minimum atomic E-state index is -1.48. The van der Waals surface area contributed by atoms with E-state index in [1.165, 1.54) is 5.56 Å². The molecule has 4 heterocycles. The third-order valence-electron chi connectivity index (χ3n) is 8.86. The van der Waals surface area contributed by atoms with E-state index in [-0.39, 0.29) is 18.2 Å². The van der Waals surface area contributed by atoms with E-state index in [2.05, 4.69) is 23.1 Å². The van der Waals surface area contributed by atoms with E-state index < -0.39 is 35.7 Å². The molecule has 1 aromatic rings. The zero-order valence-corrected chi connectivity index (χ0v) is 21.3. The summed E-state index contributed by atoms with van der Waals surface area (Å²) in [6, 6.07) is 4.16. The summed E-state index contributed by atoms with van der Waals surface area (Å²) in [5.74, 6) is -0.240. The van der Waals surface area contributed by atoms with Gasteiger partial charge in [-0.2, -0.15) is 0 Å². The Balaban J connectivity index is 1.40. The van der Waals surface area contributed by atoms with Crippen molar-refractivity contribution in [2.24, 2.45) is 0 Å². The molecule has 4 aliphatic heterocycles. The number of ether oxygens (including phenoxy) is 4. The number of carboxylic acid groups (broad SMARTS) is 1. The molecule has 1 aromatic carbocycles. The highest BCUT2D eigenvalue weighted by Gasteiger charge is 2.58. The van der Waals surface area contributed by atoms with Gasteiger partial charge in [0.1, 0.15) is 6.10 Å². The Bertz CT molecular complexity index is 1140. The summed E-state index contributed by atoms with van der Waals surface area (Å²) < 4.78 is 24.0. The lowest BCUT2D eigenvalue weighted by Crippen LogP contribution is -2.54. The van der Waals surface area contributed by atoms with Crippen LogP contribution < -0.4 is 9.47 Å². The van der Waals surface area contributed by atoms with Gasteiger partial charge in [0.25, 0.3) is 0 Å². The topological polar surface area (TPSA) is 94.5 Å². The van der Waals surface area contributed by atoms with E-state index in [9.17, 15) is 14.7 Å². The first kappa shape index (κ1) is 23.8. The molecule has 0 saturated carbocycles. The summed E-state index contributed by atoms with van der Waals surface area (Å²) in [5, 5.41) is 9.70. The van der Waals surface area contributed by atoms with Crippen molar-refractivity contribution >= 4 is 11.9 Å². The van der Waals surface area contributed by atoms with Crippen molar-refractivity contribution in [3.63, 3.8) is 0 Å². The minimum Gasteiger partial charge on any atom is -0.481 e. The highest BCUT2D eigenvalue weighted by atomic mass is 16.7. The Labute approximate surface area is 211 Å². The van der Waals surface area contributed by atoms with Gasteiger partial charge in [-0.1, -0.05) is 6.08 Å². The summed E-state index contributed by atoms with van der Waals surface area (Å²) in [5.41, 5.74) is 1.02. The third kappa shape index (κ3) is 3.64. The number of fused-ring (bicyclic) bond motifs is 3. The lowest BCUT2D eigenvalue weighted by atomic mass is 9.77. The molecule has 8 nitrogen and oxygen atoms in total. The lowest BCUT2D eigenvalue weighted by molar-refractivity contribution is -0.215. The van der Waals surface area contributed by atoms with Crippen molar-refractivity contribution in [1.29, 1.82) is 0 Å². The van der Waals surface area contributed by atoms with E-state index in [0.717, 1.165) is 61.4 Å². The summed E-state index contributed by atoms with van der Waals surface area (Å²) in [6.45, 7) is 7.98. The molecule has 0 radical (unpaired) electrons. The van der Waals surface area contributed by atoms with Crippen LogP contribution in [0.5, 0.6) is 11.5 Å². The van der Waals surface area contributed by atoms with Gasteiger partial charge >= 0.3 is 11.9 Å². The van der Waals surface area contributed by atoms with Crippen molar-refractivity contribution in [3.8, 4) is 11.5 Å². The van der Waals surface area contributed by atoms with E-state index in [0.29, 0.717) is 12.8 Å². The van der Waals surface area contributed by atoms with Crippen LogP contribution in [0, 0.1) is 0 Å². The molecule has 8 heteroatoms. The van der Waals surface area contributed by atoms with Crippen LogP contribution in [0.15, 0.2) is 23.8 Å². The molecular weight excluding hydrogens is 462 g/mol. The van der Waals surface area contributed by atoms with Gasteiger partial charge in [0, 0.05) is 12.5 Å². The molecule has 1 spiro atoms. The second kappa shape index (κ2) is 8.21. The maximum atomic E-state index is 13.9. The second-order valence-corrected chi connectivity index (χ2v) is 11.7. The van der Waals surface area contributed by atoms with Crippen LogP contribution in [0.3, 0.4) is 0 Å². The van der Waals surface area contributed by atoms with Gasteiger partial charge in [0.2, 0.25) is 6.79 Å². The minimum absolute atomic E-state index is 0.102. The SMILES string of the molecule is CC1=CC23CCCN2CCc2cc4c(cc2[C@@H]3C1OC(=O)[C@]1(CC(=O)O)CCCC(C)(C)O1)OCO4. The van der Waals surface area contributed by atoms with Gasteiger partial charge in [0.05, 0.1) is 17.6 Å². The first-order valence-corrected chi connectivity index (χ1v) is 13.1. The predicted octanol–water partition coefficient (Wildman–Crippen LogP) is 3.95. The van der Waals surface area contributed by atoms with Gasteiger partial charge in [-0.3, -0.25) is 9.69 Å². The van der Waals surface area contributed by atoms with Crippen molar-refractivity contribution in [2.45, 2.75) is 94.5 Å². The third-order valence-corrected chi connectivity index (χ3v) is 8.86. The van der Waals surface area contributed by atoms with Gasteiger partial charge in [0.15, 0.2) is 17.1 Å². The van der Waals surface area contributed by atoms with E-state index >= 15 is 0 Å². The number of hydrogen-bond donors (Lipinski definition) is 1. The number of nitrogens with zero attached hydrogens (tertiary/aromatic N) is 1. The molecule has 0 bridgehead atoms. The molecule has 6 rings (SSSR count). The van der Waals surface area contributed by atoms with Crippen molar-refractivity contribution < 1.29 is 33.6 Å². The van der Waals surface area contributed by atoms with Crippen LogP contribution >= 0.6 is 0 Å². The first-order chi connectivity index (χ1) is 17.1. The fraction of sp³-hybridized carbons (Fsp3) is 0.643. The Morgan fingerprint density at radius 3 is 2.64 bits per heavy atom. The van der Waals surface area contributed by atoms with Gasteiger partial charge in [-0.05, 0) is 94.7 Å².